The van der Waals surface area contributed by atoms with Gasteiger partial charge in [-0.25, -0.2) is 9.87 Å². The van der Waals surface area contributed by atoms with E-state index in [4.69, 9.17) is 14.3 Å². The highest BCUT2D eigenvalue weighted by Gasteiger charge is 2.35. The number of anilines is 1. The molecule has 0 radical (unpaired) electrons. The predicted molar refractivity (Wildman–Crippen MR) is 130 cm³/mol. The Kier molecular flexibility index (Phi) is 6.19. The maximum Gasteiger partial charge on any atom is 0.293 e. The van der Waals surface area contributed by atoms with Crippen molar-refractivity contribution in [2.24, 2.45) is 0 Å². The van der Waals surface area contributed by atoms with E-state index >= 15 is 0 Å². The molecule has 0 spiro atoms. The highest BCUT2D eigenvalue weighted by atomic mass is 127. The molecular weight excluding hydrogens is 542 g/mol. The second-order valence-electron chi connectivity index (χ2n) is 8.96. The summed E-state index contributed by atoms with van der Waals surface area (Å²) in [6.45, 7) is 4.22. The monoisotopic (exact) mass is 568 g/mol. The first kappa shape index (κ1) is 22.8. The van der Waals surface area contributed by atoms with Crippen LogP contribution in [0.3, 0.4) is 0 Å². The first-order chi connectivity index (χ1) is 15.8. The Morgan fingerprint density at radius 2 is 2.24 bits per heavy atom. The lowest BCUT2D eigenvalue weighted by Gasteiger charge is -2.21. The van der Waals surface area contributed by atoms with Gasteiger partial charge in [0.1, 0.15) is 24.2 Å². The number of nitrogens with one attached hydrogen (secondary N) is 2. The Balaban J connectivity index is 1.41. The Morgan fingerprint density at radius 1 is 1.42 bits per heavy atom. The molecule has 3 heterocycles. The van der Waals surface area contributed by atoms with Crippen LogP contribution in [0.2, 0.25) is 0 Å². The van der Waals surface area contributed by atoms with Crippen molar-refractivity contribution in [1.82, 2.24) is 15.0 Å². The van der Waals surface area contributed by atoms with E-state index in [1.165, 1.54) is 6.08 Å². The zero-order valence-corrected chi connectivity index (χ0v) is 20.6. The molecule has 33 heavy (non-hydrogen) atoms. The van der Waals surface area contributed by atoms with Gasteiger partial charge in [-0.3, -0.25) is 14.6 Å². The number of allylic oxidation sites excluding steroid dienone is 2. The number of nitrogens with zero attached hydrogens (tertiary/aromatic N) is 2. The van der Waals surface area contributed by atoms with Crippen LogP contribution in [0, 0.1) is 0 Å². The first-order valence-electron chi connectivity index (χ1n) is 11.0. The zero-order chi connectivity index (χ0) is 23.2. The van der Waals surface area contributed by atoms with Crippen molar-refractivity contribution < 1.29 is 23.5 Å². The zero-order valence-electron chi connectivity index (χ0n) is 18.4. The quantitative estimate of drug-likeness (QED) is 0.377. The molecule has 2 aromatic rings. The van der Waals surface area contributed by atoms with Crippen LogP contribution in [-0.2, 0) is 14.3 Å². The molecule has 0 bridgehead atoms. The van der Waals surface area contributed by atoms with Crippen LogP contribution in [0.5, 0.6) is 0 Å². The van der Waals surface area contributed by atoms with Crippen LogP contribution in [-0.4, -0.2) is 46.6 Å². The number of pyridine rings is 1. The number of hydroxylamine groups is 1. The molecule has 0 aromatic carbocycles. The van der Waals surface area contributed by atoms with Gasteiger partial charge in [0.2, 0.25) is 0 Å². The van der Waals surface area contributed by atoms with Crippen LogP contribution in [0.25, 0.3) is 10.9 Å². The topological polar surface area (TPSA) is 86.6 Å². The molecule has 1 saturated heterocycles. The summed E-state index contributed by atoms with van der Waals surface area (Å²) < 4.78 is 28.8. The fraction of sp³-hybridized carbons (Fsp3) is 0.478. The molecule has 2 aliphatic carbocycles. The third kappa shape index (κ3) is 4.79. The van der Waals surface area contributed by atoms with Gasteiger partial charge >= 0.3 is 0 Å². The van der Waals surface area contributed by atoms with Crippen LogP contribution in [0.4, 0.5) is 10.1 Å². The summed E-state index contributed by atoms with van der Waals surface area (Å²) in [6, 6.07) is 1.55. The number of carbonyl (C=O) groups is 1. The Morgan fingerprint density at radius 3 is 2.94 bits per heavy atom. The number of rotatable bonds is 7. The van der Waals surface area contributed by atoms with Gasteiger partial charge in [0, 0.05) is 27.4 Å². The van der Waals surface area contributed by atoms with E-state index in [0.717, 1.165) is 27.3 Å². The fourth-order valence-corrected chi connectivity index (χ4v) is 4.82. The van der Waals surface area contributed by atoms with E-state index < -0.39 is 17.7 Å². The molecule has 176 valence electrons. The van der Waals surface area contributed by atoms with Crippen LogP contribution in [0.15, 0.2) is 40.0 Å². The van der Waals surface area contributed by atoms with Crippen LogP contribution in [0.1, 0.15) is 49.6 Å². The van der Waals surface area contributed by atoms with Gasteiger partial charge in [-0.05, 0) is 67.8 Å². The number of fused-ring (bicyclic) bond motifs is 1. The van der Waals surface area contributed by atoms with Gasteiger partial charge in [0.25, 0.3) is 5.91 Å². The largest absolute Gasteiger partial charge is 0.373 e. The van der Waals surface area contributed by atoms with Gasteiger partial charge < -0.3 is 19.4 Å². The van der Waals surface area contributed by atoms with E-state index in [2.05, 4.69) is 38.4 Å². The van der Waals surface area contributed by atoms with Gasteiger partial charge in [0.05, 0.1) is 23.9 Å². The molecule has 3 aliphatic rings. The normalized spacial score (nSPS) is 24.5. The van der Waals surface area contributed by atoms with Gasteiger partial charge in [-0.15, -0.1) is 0 Å². The van der Waals surface area contributed by atoms with Crippen molar-refractivity contribution >= 4 is 45.1 Å². The molecule has 2 atom stereocenters. The smallest absolute Gasteiger partial charge is 0.293 e. The summed E-state index contributed by atoms with van der Waals surface area (Å²) in [5, 5.41) is 4.05. The SMILES string of the molecule is CC1(C)OCC(CONC(=O)c2c(NC3CC=C(I)C=C3F)c3cnccc3n2C2CC2)O1. The first-order valence-corrected chi connectivity index (χ1v) is 12.1. The van der Waals surface area contributed by atoms with E-state index in [1.807, 2.05) is 30.6 Å². The summed E-state index contributed by atoms with van der Waals surface area (Å²) in [5.74, 6) is -1.32. The maximum atomic E-state index is 14.7. The number of hydrogen-bond acceptors (Lipinski definition) is 6. The highest BCUT2D eigenvalue weighted by Crippen LogP contribution is 2.43. The molecule has 1 saturated carbocycles. The second-order valence-corrected chi connectivity index (χ2v) is 10.2. The number of amides is 1. The minimum Gasteiger partial charge on any atom is -0.373 e. The molecule has 2 unspecified atom stereocenters. The van der Waals surface area contributed by atoms with E-state index in [1.54, 1.807) is 12.4 Å². The summed E-state index contributed by atoms with van der Waals surface area (Å²) in [6.07, 6.45) is 9.07. The molecule has 1 amide bonds. The molecule has 8 nitrogen and oxygen atoms in total. The number of halogens is 2. The van der Waals surface area contributed by atoms with Gasteiger partial charge in [0.15, 0.2) is 5.79 Å². The molecule has 2 aromatic heterocycles. The van der Waals surface area contributed by atoms with E-state index in [9.17, 15) is 9.18 Å². The fourth-order valence-electron chi connectivity index (χ4n) is 4.27. The third-order valence-electron chi connectivity index (χ3n) is 5.91. The number of aromatic nitrogens is 2. The van der Waals surface area contributed by atoms with Crippen molar-refractivity contribution in [2.45, 2.75) is 57.1 Å². The van der Waals surface area contributed by atoms with Crippen molar-refractivity contribution in [3.8, 4) is 0 Å². The standard InChI is InChI=1S/C23H26FIN4O4/c1-23(2)31-11-15(33-23)12-32-28-22(30)21-20(27-18-6-3-13(25)9-17(18)24)16-10-26-8-7-19(16)29(21)14-4-5-14/h3,7-10,14-15,18,27H,4-6,11-12H2,1-2H3,(H,28,30). The minimum absolute atomic E-state index is 0.159. The Bertz CT molecular complexity index is 1140. The maximum absolute atomic E-state index is 14.7. The van der Waals surface area contributed by atoms with Crippen LogP contribution >= 0.6 is 22.6 Å². The number of ether oxygens (including phenoxy) is 2. The molecule has 5 rings (SSSR count). The third-order valence-corrected chi connectivity index (χ3v) is 6.66. The second kappa shape index (κ2) is 8.97. The molecule has 1 aliphatic heterocycles. The predicted octanol–water partition coefficient (Wildman–Crippen LogP) is 4.54. The Labute approximate surface area is 204 Å². The summed E-state index contributed by atoms with van der Waals surface area (Å²) >= 11 is 2.10. The molecular formula is C23H26FIN4O4. The summed E-state index contributed by atoms with van der Waals surface area (Å²) in [4.78, 5) is 23.1. The van der Waals surface area contributed by atoms with Crippen molar-refractivity contribution in [3.05, 3.63) is 45.7 Å². The van der Waals surface area contributed by atoms with Crippen molar-refractivity contribution in [2.75, 3.05) is 18.5 Å². The van der Waals surface area contributed by atoms with Gasteiger partial charge in [-0.1, -0.05) is 6.08 Å². The van der Waals surface area contributed by atoms with E-state index in [0.29, 0.717) is 24.4 Å². The van der Waals surface area contributed by atoms with Crippen LogP contribution < -0.4 is 10.8 Å². The van der Waals surface area contributed by atoms with Crippen molar-refractivity contribution in [1.29, 1.82) is 0 Å². The number of hydrogen-bond donors (Lipinski definition) is 2. The molecule has 10 heteroatoms. The lowest BCUT2D eigenvalue weighted by atomic mass is 10.1. The van der Waals surface area contributed by atoms with Gasteiger partial charge in [-0.2, -0.15) is 0 Å². The lowest BCUT2D eigenvalue weighted by molar-refractivity contribution is -0.147. The Hall–Kier alpha value is -2.02. The summed E-state index contributed by atoms with van der Waals surface area (Å²) in [5.41, 5.74) is 4.42. The average molecular weight is 568 g/mol. The van der Waals surface area contributed by atoms with E-state index in [-0.39, 0.29) is 24.6 Å². The molecule has 2 N–H and O–H groups in total. The lowest BCUT2D eigenvalue weighted by Crippen LogP contribution is -2.32. The van der Waals surface area contributed by atoms with Crippen molar-refractivity contribution in [3.63, 3.8) is 0 Å². The summed E-state index contributed by atoms with van der Waals surface area (Å²) in [7, 11) is 0. The number of carbonyl (C=O) groups excluding carboxylic acids is 1. The minimum atomic E-state index is -0.662. The highest BCUT2D eigenvalue weighted by molar-refractivity contribution is 14.1. The molecule has 2 fully saturated rings. The average Bonchev–Trinajstić information content (AvgIpc) is 3.48.